The van der Waals surface area contributed by atoms with Gasteiger partial charge in [0.05, 0.1) is 24.1 Å². The second kappa shape index (κ2) is 7.98. The Kier molecular flexibility index (Phi) is 5.43. The smallest absolute Gasteiger partial charge is 0.258 e. The summed E-state index contributed by atoms with van der Waals surface area (Å²) in [5.41, 5.74) is 0.552. The van der Waals surface area contributed by atoms with Gasteiger partial charge < -0.3 is 19.9 Å². The van der Waals surface area contributed by atoms with Crippen molar-refractivity contribution >= 4 is 16.8 Å². The lowest BCUT2D eigenvalue weighted by Gasteiger charge is -2.41. The van der Waals surface area contributed by atoms with Gasteiger partial charge in [-0.2, -0.15) is 0 Å². The fourth-order valence-corrected chi connectivity index (χ4v) is 3.97. The zero-order valence-electron chi connectivity index (χ0n) is 16.4. The molecule has 8 nitrogen and oxygen atoms in total. The van der Waals surface area contributed by atoms with Crippen molar-refractivity contribution < 1.29 is 9.53 Å². The second-order valence-corrected chi connectivity index (χ2v) is 7.64. The minimum absolute atomic E-state index is 0.0468. The summed E-state index contributed by atoms with van der Waals surface area (Å²) in [6, 6.07) is 7.71. The van der Waals surface area contributed by atoms with Crippen LogP contribution in [-0.2, 0) is 16.1 Å². The fraction of sp³-hybridized carbons (Fsp3) is 0.550. The number of nitrogens with zero attached hydrogens (tertiary/aromatic N) is 3. The van der Waals surface area contributed by atoms with Gasteiger partial charge in [0.2, 0.25) is 0 Å². The number of hydrogen-bond donors (Lipinski definition) is 2. The van der Waals surface area contributed by atoms with Crippen molar-refractivity contribution in [2.24, 2.45) is 0 Å². The lowest BCUT2D eigenvalue weighted by Crippen LogP contribution is -2.61. The van der Waals surface area contributed by atoms with E-state index in [1.165, 1.54) is 0 Å². The lowest BCUT2D eigenvalue weighted by atomic mass is 10.1. The number of aromatic amines is 1. The van der Waals surface area contributed by atoms with Crippen molar-refractivity contribution in [3.63, 3.8) is 0 Å². The minimum atomic E-state index is -0.478. The van der Waals surface area contributed by atoms with Crippen LogP contribution >= 0.6 is 0 Å². The van der Waals surface area contributed by atoms with Crippen LogP contribution in [0.1, 0.15) is 19.7 Å². The Morgan fingerprint density at radius 3 is 2.96 bits per heavy atom. The van der Waals surface area contributed by atoms with Gasteiger partial charge in [0, 0.05) is 38.3 Å². The molecule has 28 heavy (non-hydrogen) atoms. The van der Waals surface area contributed by atoms with Crippen molar-refractivity contribution in [2.75, 3.05) is 32.8 Å². The van der Waals surface area contributed by atoms with Crippen molar-refractivity contribution in [3.8, 4) is 0 Å². The molecule has 2 aliphatic heterocycles. The summed E-state index contributed by atoms with van der Waals surface area (Å²) in [6.07, 6.45) is -0.478. The molecule has 3 atom stereocenters. The second-order valence-electron chi connectivity index (χ2n) is 7.64. The molecule has 1 aromatic carbocycles. The Morgan fingerprint density at radius 1 is 1.29 bits per heavy atom. The maximum atomic E-state index is 13.0. The van der Waals surface area contributed by atoms with E-state index in [9.17, 15) is 9.59 Å². The molecule has 1 aromatic heterocycles. The van der Waals surface area contributed by atoms with Gasteiger partial charge in [0.15, 0.2) is 0 Å². The average molecular weight is 385 g/mol. The standard InChI is InChI=1S/C20H27N5O3/c1-13-14(2)25(8-7-21-13)20(27)17-11-24(9-10-28-17)12-18-22-16-6-4-3-5-15(16)19(26)23-18/h3-6,13-14,17,21H,7-12H2,1-2H3,(H,22,23,26). The Morgan fingerprint density at radius 2 is 2.11 bits per heavy atom. The number of rotatable bonds is 3. The van der Waals surface area contributed by atoms with Crippen LogP contribution in [0.2, 0.25) is 0 Å². The summed E-state index contributed by atoms with van der Waals surface area (Å²) in [5, 5.41) is 3.98. The van der Waals surface area contributed by atoms with Crippen LogP contribution in [0.15, 0.2) is 29.1 Å². The molecule has 2 saturated heterocycles. The third kappa shape index (κ3) is 3.80. The number of aromatic nitrogens is 2. The van der Waals surface area contributed by atoms with Crippen molar-refractivity contribution in [1.82, 2.24) is 25.1 Å². The Hall–Kier alpha value is -2.29. The van der Waals surface area contributed by atoms with Crippen molar-refractivity contribution in [2.45, 2.75) is 38.6 Å². The predicted octanol–water partition coefficient (Wildman–Crippen LogP) is 0.333. The highest BCUT2D eigenvalue weighted by Gasteiger charge is 2.35. The first-order valence-corrected chi connectivity index (χ1v) is 9.88. The number of para-hydroxylation sites is 1. The maximum absolute atomic E-state index is 13.0. The predicted molar refractivity (Wildman–Crippen MR) is 106 cm³/mol. The number of hydrogen-bond acceptors (Lipinski definition) is 6. The number of morpholine rings is 1. The molecular weight excluding hydrogens is 358 g/mol. The van der Waals surface area contributed by atoms with E-state index >= 15 is 0 Å². The number of amides is 1. The van der Waals surface area contributed by atoms with Gasteiger partial charge in [0.1, 0.15) is 11.9 Å². The molecule has 0 aliphatic carbocycles. The molecule has 2 aliphatic rings. The molecule has 0 radical (unpaired) electrons. The van der Waals surface area contributed by atoms with E-state index in [0.717, 1.165) is 6.54 Å². The molecule has 2 fully saturated rings. The van der Waals surface area contributed by atoms with Crippen LogP contribution in [-0.4, -0.2) is 76.6 Å². The van der Waals surface area contributed by atoms with Crippen molar-refractivity contribution in [3.05, 3.63) is 40.4 Å². The van der Waals surface area contributed by atoms with Crippen LogP contribution in [0.5, 0.6) is 0 Å². The Labute approximate surface area is 163 Å². The molecule has 4 rings (SSSR count). The SMILES string of the molecule is CC1NCCN(C(=O)C2CN(Cc3nc4ccccc4c(=O)[nH]3)CCO2)C1C. The van der Waals surface area contributed by atoms with Gasteiger partial charge in [-0.05, 0) is 26.0 Å². The number of H-pyrrole nitrogens is 1. The van der Waals surface area contributed by atoms with E-state index in [0.29, 0.717) is 49.5 Å². The summed E-state index contributed by atoms with van der Waals surface area (Å²) < 4.78 is 5.79. The van der Waals surface area contributed by atoms with Crippen LogP contribution in [0.3, 0.4) is 0 Å². The van der Waals surface area contributed by atoms with Gasteiger partial charge in [-0.15, -0.1) is 0 Å². The highest BCUT2D eigenvalue weighted by atomic mass is 16.5. The number of fused-ring (bicyclic) bond motifs is 1. The number of nitrogens with one attached hydrogen (secondary N) is 2. The van der Waals surface area contributed by atoms with Gasteiger partial charge >= 0.3 is 0 Å². The molecule has 3 heterocycles. The van der Waals surface area contributed by atoms with E-state index in [1.807, 2.05) is 23.1 Å². The third-order valence-electron chi connectivity index (χ3n) is 5.78. The van der Waals surface area contributed by atoms with Crippen molar-refractivity contribution in [1.29, 1.82) is 0 Å². The minimum Gasteiger partial charge on any atom is -0.366 e. The van der Waals surface area contributed by atoms with E-state index in [2.05, 4.69) is 34.0 Å². The first-order valence-electron chi connectivity index (χ1n) is 9.88. The van der Waals surface area contributed by atoms with Crippen LogP contribution in [0.25, 0.3) is 10.9 Å². The van der Waals surface area contributed by atoms with E-state index in [-0.39, 0.29) is 23.6 Å². The summed E-state index contributed by atoms with van der Waals surface area (Å²) in [7, 11) is 0. The molecule has 2 N–H and O–H groups in total. The van der Waals surface area contributed by atoms with E-state index < -0.39 is 6.10 Å². The zero-order chi connectivity index (χ0) is 19.7. The van der Waals surface area contributed by atoms with E-state index in [4.69, 9.17) is 4.74 Å². The molecule has 0 bridgehead atoms. The largest absolute Gasteiger partial charge is 0.366 e. The van der Waals surface area contributed by atoms with Crippen LogP contribution < -0.4 is 10.9 Å². The molecular formula is C20H27N5O3. The monoisotopic (exact) mass is 385 g/mol. The first-order chi connectivity index (χ1) is 13.5. The highest BCUT2D eigenvalue weighted by Crippen LogP contribution is 2.16. The number of ether oxygens (including phenoxy) is 1. The topological polar surface area (TPSA) is 90.6 Å². The summed E-state index contributed by atoms with van der Waals surface area (Å²) in [5.74, 6) is 0.659. The summed E-state index contributed by atoms with van der Waals surface area (Å²) in [4.78, 5) is 36.8. The molecule has 150 valence electrons. The van der Waals surface area contributed by atoms with Crippen LogP contribution in [0.4, 0.5) is 0 Å². The number of carbonyl (C=O) groups excluding carboxylic acids is 1. The summed E-state index contributed by atoms with van der Waals surface area (Å²) >= 11 is 0. The van der Waals surface area contributed by atoms with Crippen LogP contribution in [0, 0.1) is 0 Å². The molecule has 1 amide bonds. The quantitative estimate of drug-likeness (QED) is 0.792. The fourth-order valence-electron chi connectivity index (χ4n) is 3.97. The number of piperazine rings is 1. The van der Waals surface area contributed by atoms with Gasteiger partial charge in [-0.25, -0.2) is 4.98 Å². The van der Waals surface area contributed by atoms with Gasteiger partial charge in [-0.3, -0.25) is 14.5 Å². The third-order valence-corrected chi connectivity index (χ3v) is 5.78. The average Bonchev–Trinajstić information content (AvgIpc) is 2.70. The van der Waals surface area contributed by atoms with Gasteiger partial charge in [-0.1, -0.05) is 12.1 Å². The Bertz CT molecular complexity index is 914. The number of carbonyl (C=O) groups is 1. The Balaban J connectivity index is 1.45. The molecule has 8 heteroatoms. The number of benzene rings is 1. The maximum Gasteiger partial charge on any atom is 0.258 e. The normalized spacial score (nSPS) is 26.5. The van der Waals surface area contributed by atoms with Gasteiger partial charge in [0.25, 0.3) is 11.5 Å². The molecule has 3 unspecified atom stereocenters. The molecule has 0 spiro atoms. The van der Waals surface area contributed by atoms with E-state index in [1.54, 1.807) is 6.07 Å². The highest BCUT2D eigenvalue weighted by molar-refractivity contribution is 5.82. The lowest BCUT2D eigenvalue weighted by molar-refractivity contribution is -0.153. The first kappa shape index (κ1) is 19.0. The zero-order valence-corrected chi connectivity index (χ0v) is 16.4. The summed E-state index contributed by atoms with van der Waals surface area (Å²) in [6.45, 7) is 7.85. The molecule has 0 saturated carbocycles. The molecule has 2 aromatic rings.